The second-order valence-corrected chi connectivity index (χ2v) is 6.56. The van der Waals surface area contributed by atoms with Gasteiger partial charge in [-0.2, -0.15) is 5.10 Å². The molecule has 0 aliphatic rings. The van der Waals surface area contributed by atoms with Crippen LogP contribution in [-0.4, -0.2) is 50.1 Å². The maximum Gasteiger partial charge on any atom is 0.257 e. The molecular formula is C20H19N7O. The molecule has 4 aromatic rings. The first-order valence-corrected chi connectivity index (χ1v) is 8.75. The number of rotatable bonds is 4. The second-order valence-electron chi connectivity index (χ2n) is 6.56. The molecule has 0 bridgehead atoms. The Morgan fingerprint density at radius 1 is 1.11 bits per heavy atom. The standard InChI is InChI=1S/C20H19N7O/c1-12-17(15-6-4-5-9-21-15)18(20(28)27(2)3)19(26-25-12)24-13-7-8-14-16(10-13)23-11-22-14/h4-11H,1-3H3,(H,22,23)(H,24,26). The highest BCUT2D eigenvalue weighted by molar-refractivity contribution is 6.05. The molecule has 0 unspecified atom stereocenters. The van der Waals surface area contributed by atoms with Crippen LogP contribution in [-0.2, 0) is 0 Å². The predicted octanol–water partition coefficient (Wildman–Crippen LogP) is 3.17. The van der Waals surface area contributed by atoms with Crippen LogP contribution in [0.4, 0.5) is 11.5 Å². The van der Waals surface area contributed by atoms with E-state index in [1.54, 1.807) is 26.6 Å². The van der Waals surface area contributed by atoms with Crippen LogP contribution in [0.1, 0.15) is 16.1 Å². The molecular weight excluding hydrogens is 354 g/mol. The lowest BCUT2D eigenvalue weighted by molar-refractivity contribution is 0.0828. The Labute approximate surface area is 161 Å². The Hall–Kier alpha value is -3.81. The average molecular weight is 373 g/mol. The number of hydrogen-bond donors (Lipinski definition) is 2. The number of hydrogen-bond acceptors (Lipinski definition) is 6. The van der Waals surface area contributed by atoms with E-state index in [1.807, 2.05) is 43.3 Å². The largest absolute Gasteiger partial charge is 0.345 e. The van der Waals surface area contributed by atoms with E-state index in [4.69, 9.17) is 0 Å². The number of imidazole rings is 1. The minimum Gasteiger partial charge on any atom is -0.345 e. The highest BCUT2D eigenvalue weighted by atomic mass is 16.2. The third kappa shape index (κ3) is 3.16. The van der Waals surface area contributed by atoms with Gasteiger partial charge in [0.05, 0.1) is 34.3 Å². The number of pyridine rings is 1. The van der Waals surface area contributed by atoms with E-state index < -0.39 is 0 Å². The second kappa shape index (κ2) is 7.07. The van der Waals surface area contributed by atoms with E-state index in [2.05, 4.69) is 30.5 Å². The quantitative estimate of drug-likeness (QED) is 0.570. The number of aromatic nitrogens is 5. The van der Waals surface area contributed by atoms with Crippen LogP contribution in [0.25, 0.3) is 22.3 Å². The lowest BCUT2D eigenvalue weighted by Crippen LogP contribution is -2.25. The number of carbonyl (C=O) groups is 1. The van der Waals surface area contributed by atoms with Crippen molar-refractivity contribution in [1.29, 1.82) is 0 Å². The fourth-order valence-corrected chi connectivity index (χ4v) is 3.02. The number of nitrogens with one attached hydrogen (secondary N) is 2. The van der Waals surface area contributed by atoms with Crippen LogP contribution in [0.2, 0.25) is 0 Å². The van der Waals surface area contributed by atoms with Crippen LogP contribution in [0.15, 0.2) is 48.9 Å². The molecule has 3 aromatic heterocycles. The Bertz CT molecular complexity index is 1150. The van der Waals surface area contributed by atoms with E-state index >= 15 is 0 Å². The number of aryl methyl sites for hydroxylation is 1. The van der Waals surface area contributed by atoms with E-state index in [0.29, 0.717) is 28.3 Å². The minimum atomic E-state index is -0.177. The Morgan fingerprint density at radius 3 is 2.71 bits per heavy atom. The maximum absolute atomic E-state index is 13.0. The number of H-pyrrole nitrogens is 1. The molecule has 0 spiro atoms. The topological polar surface area (TPSA) is 99.7 Å². The lowest BCUT2D eigenvalue weighted by atomic mass is 10.0. The third-order valence-corrected chi connectivity index (χ3v) is 4.37. The number of anilines is 2. The molecule has 1 aromatic carbocycles. The van der Waals surface area contributed by atoms with E-state index in [-0.39, 0.29) is 5.91 Å². The van der Waals surface area contributed by atoms with Crippen molar-refractivity contribution < 1.29 is 4.79 Å². The third-order valence-electron chi connectivity index (χ3n) is 4.37. The van der Waals surface area contributed by atoms with Crippen LogP contribution in [0, 0.1) is 6.92 Å². The molecule has 0 aliphatic heterocycles. The van der Waals surface area contributed by atoms with Crippen molar-refractivity contribution in [1.82, 2.24) is 30.0 Å². The van der Waals surface area contributed by atoms with Crippen LogP contribution in [0.5, 0.6) is 0 Å². The summed E-state index contributed by atoms with van der Waals surface area (Å²) in [5.41, 5.74) is 4.93. The van der Waals surface area contributed by atoms with Crippen molar-refractivity contribution in [3.8, 4) is 11.3 Å². The molecule has 0 fully saturated rings. The fraction of sp³-hybridized carbons (Fsp3) is 0.150. The van der Waals surface area contributed by atoms with Gasteiger partial charge in [0.15, 0.2) is 5.82 Å². The zero-order valence-electron chi connectivity index (χ0n) is 15.8. The molecule has 4 rings (SSSR count). The maximum atomic E-state index is 13.0. The van der Waals surface area contributed by atoms with Gasteiger partial charge in [-0.25, -0.2) is 4.98 Å². The van der Waals surface area contributed by atoms with E-state index in [9.17, 15) is 4.79 Å². The minimum absolute atomic E-state index is 0.177. The molecule has 140 valence electrons. The summed E-state index contributed by atoms with van der Waals surface area (Å²) in [6, 6.07) is 11.3. The number of carbonyl (C=O) groups excluding carboxylic acids is 1. The average Bonchev–Trinajstić information content (AvgIpc) is 3.17. The van der Waals surface area contributed by atoms with Crippen molar-refractivity contribution in [2.24, 2.45) is 0 Å². The number of amides is 1. The molecule has 0 atom stereocenters. The van der Waals surface area contributed by atoms with Crippen molar-refractivity contribution in [2.75, 3.05) is 19.4 Å². The number of fused-ring (bicyclic) bond motifs is 1. The molecule has 0 saturated heterocycles. The van der Waals surface area contributed by atoms with Gasteiger partial charge in [-0.1, -0.05) is 6.07 Å². The van der Waals surface area contributed by atoms with Crippen molar-refractivity contribution >= 4 is 28.4 Å². The number of benzene rings is 1. The van der Waals surface area contributed by atoms with Gasteiger partial charge in [0, 0.05) is 31.5 Å². The predicted molar refractivity (Wildman–Crippen MR) is 107 cm³/mol. The molecule has 0 saturated carbocycles. The molecule has 8 heteroatoms. The van der Waals surface area contributed by atoms with Gasteiger partial charge in [0.25, 0.3) is 5.91 Å². The first-order chi connectivity index (χ1) is 13.5. The first-order valence-electron chi connectivity index (χ1n) is 8.75. The molecule has 8 nitrogen and oxygen atoms in total. The van der Waals surface area contributed by atoms with Gasteiger partial charge in [-0.05, 0) is 37.3 Å². The lowest BCUT2D eigenvalue weighted by Gasteiger charge is -2.18. The fourth-order valence-electron chi connectivity index (χ4n) is 3.02. The molecule has 0 aliphatic carbocycles. The molecule has 2 N–H and O–H groups in total. The highest BCUT2D eigenvalue weighted by Gasteiger charge is 2.24. The van der Waals surface area contributed by atoms with Crippen molar-refractivity contribution in [3.63, 3.8) is 0 Å². The summed E-state index contributed by atoms with van der Waals surface area (Å²) >= 11 is 0. The summed E-state index contributed by atoms with van der Waals surface area (Å²) in [5.74, 6) is 0.201. The van der Waals surface area contributed by atoms with Gasteiger partial charge in [-0.15, -0.1) is 5.10 Å². The first kappa shape index (κ1) is 17.6. The van der Waals surface area contributed by atoms with E-state index in [1.165, 1.54) is 4.90 Å². The molecule has 28 heavy (non-hydrogen) atoms. The number of nitrogens with zero attached hydrogens (tertiary/aromatic N) is 5. The zero-order chi connectivity index (χ0) is 19.7. The Morgan fingerprint density at radius 2 is 1.96 bits per heavy atom. The summed E-state index contributed by atoms with van der Waals surface area (Å²) in [7, 11) is 3.42. The van der Waals surface area contributed by atoms with Gasteiger partial charge >= 0.3 is 0 Å². The van der Waals surface area contributed by atoms with Gasteiger partial charge < -0.3 is 15.2 Å². The van der Waals surface area contributed by atoms with Crippen molar-refractivity contribution in [3.05, 3.63) is 60.2 Å². The molecule has 3 heterocycles. The highest BCUT2D eigenvalue weighted by Crippen LogP contribution is 2.31. The summed E-state index contributed by atoms with van der Waals surface area (Å²) < 4.78 is 0. The molecule has 0 radical (unpaired) electrons. The summed E-state index contributed by atoms with van der Waals surface area (Å²) in [5, 5.41) is 11.8. The van der Waals surface area contributed by atoms with Gasteiger partial charge in [0.2, 0.25) is 0 Å². The Balaban J connectivity index is 1.87. The van der Waals surface area contributed by atoms with Gasteiger partial charge in [-0.3, -0.25) is 9.78 Å². The zero-order valence-corrected chi connectivity index (χ0v) is 15.8. The summed E-state index contributed by atoms with van der Waals surface area (Å²) in [4.78, 5) is 26.3. The van der Waals surface area contributed by atoms with Crippen LogP contribution in [0.3, 0.4) is 0 Å². The summed E-state index contributed by atoms with van der Waals surface area (Å²) in [6.45, 7) is 1.82. The van der Waals surface area contributed by atoms with E-state index in [0.717, 1.165) is 16.7 Å². The SMILES string of the molecule is Cc1nnc(Nc2ccc3nc[nH]c3c2)c(C(=O)N(C)C)c1-c1ccccn1. The van der Waals surface area contributed by atoms with Crippen LogP contribution < -0.4 is 5.32 Å². The smallest absolute Gasteiger partial charge is 0.257 e. The summed E-state index contributed by atoms with van der Waals surface area (Å²) in [6.07, 6.45) is 3.33. The van der Waals surface area contributed by atoms with Gasteiger partial charge in [0.1, 0.15) is 0 Å². The molecule has 1 amide bonds. The number of aromatic amines is 1. The normalized spacial score (nSPS) is 10.8. The Kier molecular flexibility index (Phi) is 4.44. The monoisotopic (exact) mass is 373 g/mol. The van der Waals surface area contributed by atoms with Crippen LogP contribution >= 0.6 is 0 Å². The van der Waals surface area contributed by atoms with Crippen molar-refractivity contribution in [2.45, 2.75) is 6.92 Å².